The van der Waals surface area contributed by atoms with Crippen LogP contribution in [0.1, 0.15) is 26.2 Å². The molecule has 1 saturated heterocycles. The summed E-state index contributed by atoms with van der Waals surface area (Å²) in [6, 6.07) is 3.66. The summed E-state index contributed by atoms with van der Waals surface area (Å²) in [5, 5.41) is 3.96. The zero-order chi connectivity index (χ0) is 14.7. The highest BCUT2D eigenvalue weighted by Crippen LogP contribution is 2.33. The van der Waals surface area contributed by atoms with Gasteiger partial charge in [-0.25, -0.2) is 0 Å². The Bertz CT molecular complexity index is 484. The number of carbonyl (C=O) groups is 1. The van der Waals surface area contributed by atoms with E-state index in [1.807, 2.05) is 0 Å². The summed E-state index contributed by atoms with van der Waals surface area (Å²) in [7, 11) is 0. The number of amides is 1. The summed E-state index contributed by atoms with van der Waals surface area (Å²) < 4.78 is 0. The highest BCUT2D eigenvalue weighted by Gasteiger charge is 2.24. The second kappa shape index (κ2) is 6.99. The topological polar surface area (TPSA) is 33.5 Å². The van der Waals surface area contributed by atoms with Gasteiger partial charge in [0.2, 0.25) is 0 Å². The Morgan fingerprint density at radius 2 is 1.95 bits per heavy atom. The quantitative estimate of drug-likeness (QED) is 0.874. The number of hydrogen-bond acceptors (Lipinski definition) is 1. The van der Waals surface area contributed by atoms with Crippen molar-refractivity contribution in [1.82, 2.24) is 0 Å². The Morgan fingerprint density at radius 1 is 1.30 bits per heavy atom. The molecule has 1 aliphatic heterocycles. The van der Waals surface area contributed by atoms with Gasteiger partial charge in [0.05, 0.1) is 28.3 Å². The van der Waals surface area contributed by atoms with Crippen molar-refractivity contribution >= 4 is 46.4 Å². The second-order valence-electron chi connectivity index (χ2n) is 5.27. The molecule has 1 heterocycles. The molecule has 1 aliphatic rings. The van der Waals surface area contributed by atoms with Crippen molar-refractivity contribution in [3.8, 4) is 0 Å². The fourth-order valence-corrected chi connectivity index (χ4v) is 3.48. The number of carbonyl (C=O) groups excluding carboxylic acids is 1. The first-order valence-corrected chi connectivity index (χ1v) is 7.89. The van der Waals surface area contributed by atoms with Gasteiger partial charge in [-0.05, 0) is 38.3 Å². The van der Waals surface area contributed by atoms with E-state index < -0.39 is 0 Å². The van der Waals surface area contributed by atoms with E-state index in [0.29, 0.717) is 33.3 Å². The standard InChI is InChI=1S/C14H17Cl3N2O/c1-9-4-2-3-5-19(9)8-13(20)18-14-11(16)6-10(15)7-12(14)17/h6-7,9H,2-5,8H2,1H3,(H,18,20)/p+1/t9-/m1/s1. The van der Waals surface area contributed by atoms with Gasteiger partial charge >= 0.3 is 0 Å². The van der Waals surface area contributed by atoms with Gasteiger partial charge in [-0.1, -0.05) is 34.8 Å². The van der Waals surface area contributed by atoms with Gasteiger partial charge in [-0.3, -0.25) is 4.79 Å². The maximum Gasteiger partial charge on any atom is 0.279 e. The fraction of sp³-hybridized carbons (Fsp3) is 0.500. The molecule has 20 heavy (non-hydrogen) atoms. The van der Waals surface area contributed by atoms with E-state index in [1.165, 1.54) is 24.2 Å². The highest BCUT2D eigenvalue weighted by molar-refractivity contribution is 6.42. The monoisotopic (exact) mass is 335 g/mol. The van der Waals surface area contributed by atoms with Crippen LogP contribution in [0.3, 0.4) is 0 Å². The predicted octanol–water partition coefficient (Wildman–Crippen LogP) is 3.04. The zero-order valence-electron chi connectivity index (χ0n) is 11.3. The van der Waals surface area contributed by atoms with Gasteiger partial charge in [0.1, 0.15) is 0 Å². The smallest absolute Gasteiger partial charge is 0.279 e. The van der Waals surface area contributed by atoms with Gasteiger partial charge < -0.3 is 10.2 Å². The number of halogens is 3. The normalized spacial score (nSPS) is 22.6. The highest BCUT2D eigenvalue weighted by atomic mass is 35.5. The number of piperidine rings is 1. The molecular formula is C14H18Cl3N2O+. The first kappa shape index (κ1) is 15.9. The van der Waals surface area contributed by atoms with Gasteiger partial charge in [-0.2, -0.15) is 0 Å². The largest absolute Gasteiger partial charge is 0.325 e. The zero-order valence-corrected chi connectivity index (χ0v) is 13.6. The van der Waals surface area contributed by atoms with Crippen molar-refractivity contribution in [2.45, 2.75) is 32.2 Å². The molecule has 0 bridgehead atoms. The Balaban J connectivity index is 2.01. The molecule has 0 spiro atoms. The number of nitrogens with one attached hydrogen (secondary N) is 2. The molecule has 0 aliphatic carbocycles. The molecule has 2 N–H and O–H groups in total. The van der Waals surface area contributed by atoms with Gasteiger partial charge in [-0.15, -0.1) is 0 Å². The van der Waals surface area contributed by atoms with E-state index in [1.54, 1.807) is 12.1 Å². The van der Waals surface area contributed by atoms with Crippen LogP contribution in [0.5, 0.6) is 0 Å². The molecule has 2 rings (SSSR count). The average molecular weight is 337 g/mol. The van der Waals surface area contributed by atoms with Crippen molar-refractivity contribution in [1.29, 1.82) is 0 Å². The lowest BCUT2D eigenvalue weighted by Gasteiger charge is -2.29. The lowest BCUT2D eigenvalue weighted by molar-refractivity contribution is -0.920. The van der Waals surface area contributed by atoms with E-state index in [0.717, 1.165) is 6.54 Å². The number of quaternary nitrogens is 1. The number of rotatable bonds is 3. The maximum atomic E-state index is 12.1. The molecule has 1 fully saturated rings. The third kappa shape index (κ3) is 4.01. The molecule has 0 radical (unpaired) electrons. The third-order valence-corrected chi connectivity index (χ3v) is 4.56. The van der Waals surface area contributed by atoms with Crippen molar-refractivity contribution in [2.24, 2.45) is 0 Å². The molecule has 1 unspecified atom stereocenters. The van der Waals surface area contributed by atoms with E-state index in [9.17, 15) is 4.79 Å². The molecule has 6 heteroatoms. The Hall–Kier alpha value is -0.480. The molecule has 1 aromatic rings. The number of anilines is 1. The number of benzene rings is 1. The predicted molar refractivity (Wildman–Crippen MR) is 84.1 cm³/mol. The molecule has 1 amide bonds. The molecule has 3 nitrogen and oxygen atoms in total. The lowest BCUT2D eigenvalue weighted by atomic mass is 10.0. The van der Waals surface area contributed by atoms with E-state index in [4.69, 9.17) is 34.8 Å². The minimum Gasteiger partial charge on any atom is -0.325 e. The summed E-state index contributed by atoms with van der Waals surface area (Å²) >= 11 is 18.0. The van der Waals surface area contributed by atoms with E-state index in [-0.39, 0.29) is 5.91 Å². The molecule has 110 valence electrons. The van der Waals surface area contributed by atoms with Crippen molar-refractivity contribution < 1.29 is 9.69 Å². The summed E-state index contributed by atoms with van der Waals surface area (Å²) in [6.45, 7) is 3.66. The Kier molecular flexibility index (Phi) is 5.56. The molecule has 0 saturated carbocycles. The maximum absolute atomic E-state index is 12.1. The molecular weight excluding hydrogens is 319 g/mol. The minimum absolute atomic E-state index is 0.0696. The van der Waals surface area contributed by atoms with E-state index in [2.05, 4.69) is 12.2 Å². The van der Waals surface area contributed by atoms with Crippen LogP contribution >= 0.6 is 34.8 Å². The number of likely N-dealkylation sites (tertiary alicyclic amines) is 1. The molecule has 2 atom stereocenters. The van der Waals surface area contributed by atoms with Crippen LogP contribution in [0.15, 0.2) is 12.1 Å². The molecule has 1 aromatic carbocycles. The first-order chi connectivity index (χ1) is 9.47. The van der Waals surface area contributed by atoms with Gasteiger partial charge in [0.15, 0.2) is 6.54 Å². The van der Waals surface area contributed by atoms with Crippen LogP contribution in [-0.2, 0) is 4.79 Å². The van der Waals surface area contributed by atoms with Crippen molar-refractivity contribution in [3.63, 3.8) is 0 Å². The molecule has 0 aromatic heterocycles. The van der Waals surface area contributed by atoms with Crippen LogP contribution in [0.2, 0.25) is 15.1 Å². The third-order valence-electron chi connectivity index (χ3n) is 3.74. The van der Waals surface area contributed by atoms with Crippen LogP contribution in [0.25, 0.3) is 0 Å². The second-order valence-corrected chi connectivity index (χ2v) is 6.53. The van der Waals surface area contributed by atoms with Crippen molar-refractivity contribution in [3.05, 3.63) is 27.2 Å². The van der Waals surface area contributed by atoms with E-state index >= 15 is 0 Å². The fourth-order valence-electron chi connectivity index (χ4n) is 2.57. The SMILES string of the molecule is C[C@@H]1CCCC[NH+]1CC(=O)Nc1c(Cl)cc(Cl)cc1Cl. The number of hydrogen-bond donors (Lipinski definition) is 2. The average Bonchev–Trinajstić information content (AvgIpc) is 2.36. The first-order valence-electron chi connectivity index (χ1n) is 6.76. The van der Waals surface area contributed by atoms with Crippen LogP contribution < -0.4 is 10.2 Å². The van der Waals surface area contributed by atoms with Gasteiger partial charge in [0, 0.05) is 5.02 Å². The lowest BCUT2D eigenvalue weighted by Crippen LogP contribution is -3.17. The van der Waals surface area contributed by atoms with Crippen LogP contribution in [0.4, 0.5) is 5.69 Å². The summed E-state index contributed by atoms with van der Waals surface area (Å²) in [4.78, 5) is 13.4. The summed E-state index contributed by atoms with van der Waals surface area (Å²) in [5.74, 6) is -0.0696. The van der Waals surface area contributed by atoms with Crippen LogP contribution in [0, 0.1) is 0 Å². The Morgan fingerprint density at radius 3 is 2.55 bits per heavy atom. The summed E-state index contributed by atoms with van der Waals surface area (Å²) in [5.41, 5.74) is 0.437. The minimum atomic E-state index is -0.0696. The van der Waals surface area contributed by atoms with Gasteiger partial charge in [0.25, 0.3) is 5.91 Å². The van der Waals surface area contributed by atoms with Crippen LogP contribution in [-0.4, -0.2) is 25.0 Å². The summed E-state index contributed by atoms with van der Waals surface area (Å²) in [6.07, 6.45) is 3.60. The Labute approximate surface area is 134 Å². The van der Waals surface area contributed by atoms with Crippen molar-refractivity contribution in [2.75, 3.05) is 18.4 Å².